The molecule has 0 atom stereocenters. The molecule has 0 bridgehead atoms. The first-order chi connectivity index (χ1) is 11.1. The molecule has 0 spiro atoms. The smallest absolute Gasteiger partial charge is 0.259 e. The molecular formula is C17H13F2NO3. The Hall–Kier alpha value is -2.63. The highest BCUT2D eigenvalue weighted by Crippen LogP contribution is 2.40. The zero-order valence-corrected chi connectivity index (χ0v) is 12.1. The number of amides is 1. The van der Waals surface area contributed by atoms with Crippen molar-refractivity contribution in [2.24, 2.45) is 0 Å². The maximum Gasteiger partial charge on any atom is 0.259 e. The SMILES string of the molecule is O=C(Nc1ccc(F)cc1F)c1c2c(cc3c1OCC3)OCC2. The van der Waals surface area contributed by atoms with Gasteiger partial charge in [0, 0.05) is 30.0 Å². The molecule has 118 valence electrons. The lowest BCUT2D eigenvalue weighted by molar-refractivity contribution is 0.102. The van der Waals surface area contributed by atoms with Crippen molar-refractivity contribution in [1.29, 1.82) is 0 Å². The summed E-state index contributed by atoms with van der Waals surface area (Å²) in [5, 5.41) is 2.50. The Morgan fingerprint density at radius 2 is 1.91 bits per heavy atom. The molecule has 0 radical (unpaired) electrons. The number of ether oxygens (including phenoxy) is 2. The number of halogens is 2. The minimum atomic E-state index is -0.820. The quantitative estimate of drug-likeness (QED) is 0.926. The van der Waals surface area contributed by atoms with Crippen LogP contribution in [-0.4, -0.2) is 19.1 Å². The first kappa shape index (κ1) is 14.0. The fourth-order valence-corrected chi connectivity index (χ4v) is 3.00. The Balaban J connectivity index is 1.74. The molecule has 2 aliphatic rings. The molecule has 2 aliphatic heterocycles. The molecular weight excluding hydrogens is 304 g/mol. The van der Waals surface area contributed by atoms with Gasteiger partial charge in [-0.3, -0.25) is 4.79 Å². The van der Waals surface area contributed by atoms with Gasteiger partial charge in [-0.2, -0.15) is 0 Å². The molecule has 1 N–H and O–H groups in total. The van der Waals surface area contributed by atoms with Gasteiger partial charge in [-0.1, -0.05) is 0 Å². The van der Waals surface area contributed by atoms with E-state index in [0.717, 1.165) is 23.3 Å². The van der Waals surface area contributed by atoms with Crippen molar-refractivity contribution in [1.82, 2.24) is 0 Å². The molecule has 2 heterocycles. The van der Waals surface area contributed by atoms with Gasteiger partial charge in [0.2, 0.25) is 0 Å². The second-order valence-electron chi connectivity index (χ2n) is 5.49. The summed E-state index contributed by atoms with van der Waals surface area (Å²) in [6.45, 7) is 1.01. The van der Waals surface area contributed by atoms with Crippen LogP contribution in [0.5, 0.6) is 11.5 Å². The minimum Gasteiger partial charge on any atom is -0.493 e. The van der Waals surface area contributed by atoms with Gasteiger partial charge >= 0.3 is 0 Å². The summed E-state index contributed by atoms with van der Waals surface area (Å²) in [4.78, 5) is 12.7. The zero-order chi connectivity index (χ0) is 16.0. The highest BCUT2D eigenvalue weighted by Gasteiger charge is 2.30. The fraction of sp³-hybridized carbons (Fsp3) is 0.235. The van der Waals surface area contributed by atoms with Crippen molar-refractivity contribution < 1.29 is 23.0 Å². The largest absolute Gasteiger partial charge is 0.493 e. The minimum absolute atomic E-state index is 0.0698. The summed E-state index contributed by atoms with van der Waals surface area (Å²) in [7, 11) is 0. The Kier molecular flexibility index (Phi) is 3.18. The second-order valence-corrected chi connectivity index (χ2v) is 5.49. The highest BCUT2D eigenvalue weighted by molar-refractivity contribution is 6.08. The number of rotatable bonds is 2. The van der Waals surface area contributed by atoms with Crippen LogP contribution in [0.4, 0.5) is 14.5 Å². The molecule has 0 fully saturated rings. The molecule has 0 aromatic heterocycles. The first-order valence-corrected chi connectivity index (χ1v) is 7.34. The van der Waals surface area contributed by atoms with Crippen LogP contribution in [0.1, 0.15) is 21.5 Å². The Bertz CT molecular complexity index is 788. The zero-order valence-electron chi connectivity index (χ0n) is 12.1. The van der Waals surface area contributed by atoms with Crippen molar-refractivity contribution >= 4 is 11.6 Å². The van der Waals surface area contributed by atoms with Crippen molar-refractivity contribution in [2.75, 3.05) is 18.5 Å². The van der Waals surface area contributed by atoms with E-state index in [0.29, 0.717) is 43.1 Å². The molecule has 1 amide bonds. The summed E-state index contributed by atoms with van der Waals surface area (Å²) in [5.74, 6) is -0.775. The van der Waals surface area contributed by atoms with Crippen molar-refractivity contribution in [2.45, 2.75) is 12.8 Å². The number of anilines is 1. The van der Waals surface area contributed by atoms with E-state index in [2.05, 4.69) is 5.32 Å². The first-order valence-electron chi connectivity index (χ1n) is 7.34. The predicted octanol–water partition coefficient (Wildman–Crippen LogP) is 3.09. The molecule has 2 aromatic rings. The summed E-state index contributed by atoms with van der Waals surface area (Å²) in [5.41, 5.74) is 2.00. The summed E-state index contributed by atoms with van der Waals surface area (Å²) in [6, 6.07) is 4.93. The van der Waals surface area contributed by atoms with E-state index in [-0.39, 0.29) is 5.69 Å². The van der Waals surface area contributed by atoms with Crippen LogP contribution in [0.3, 0.4) is 0 Å². The molecule has 4 nitrogen and oxygen atoms in total. The third-order valence-electron chi connectivity index (χ3n) is 4.06. The molecule has 6 heteroatoms. The summed E-state index contributed by atoms with van der Waals surface area (Å²) in [6.07, 6.45) is 1.30. The molecule has 4 rings (SSSR count). The number of nitrogens with one attached hydrogen (secondary N) is 1. The molecule has 0 unspecified atom stereocenters. The van der Waals surface area contributed by atoms with Gasteiger partial charge in [0.15, 0.2) is 0 Å². The molecule has 2 aromatic carbocycles. The van der Waals surface area contributed by atoms with Crippen LogP contribution in [0.25, 0.3) is 0 Å². The van der Waals surface area contributed by atoms with Gasteiger partial charge in [0.05, 0.1) is 24.5 Å². The van der Waals surface area contributed by atoms with Crippen LogP contribution in [-0.2, 0) is 12.8 Å². The topological polar surface area (TPSA) is 47.6 Å². The standard InChI is InChI=1S/C17H13F2NO3/c18-10-1-2-13(12(19)8-10)20-17(21)15-11-4-6-22-14(11)7-9-3-5-23-16(9)15/h1-2,7-8H,3-6H2,(H,20,21). The monoisotopic (exact) mass is 317 g/mol. The lowest BCUT2D eigenvalue weighted by atomic mass is 9.99. The maximum atomic E-state index is 13.8. The lowest BCUT2D eigenvalue weighted by Crippen LogP contribution is -2.16. The summed E-state index contributed by atoms with van der Waals surface area (Å²) >= 11 is 0. The third-order valence-corrected chi connectivity index (χ3v) is 4.06. The van der Waals surface area contributed by atoms with Gasteiger partial charge in [0.1, 0.15) is 23.1 Å². The molecule has 0 saturated heterocycles. The van der Waals surface area contributed by atoms with E-state index in [1.165, 1.54) is 6.07 Å². The molecule has 0 saturated carbocycles. The Labute approximate surface area is 131 Å². The van der Waals surface area contributed by atoms with Crippen LogP contribution < -0.4 is 14.8 Å². The van der Waals surface area contributed by atoms with Crippen LogP contribution >= 0.6 is 0 Å². The maximum absolute atomic E-state index is 13.8. The van der Waals surface area contributed by atoms with E-state index in [4.69, 9.17) is 9.47 Å². The number of hydrogen-bond donors (Lipinski definition) is 1. The van der Waals surface area contributed by atoms with Crippen LogP contribution in [0, 0.1) is 11.6 Å². The predicted molar refractivity (Wildman–Crippen MR) is 79.2 cm³/mol. The van der Waals surface area contributed by atoms with Gasteiger partial charge in [-0.15, -0.1) is 0 Å². The van der Waals surface area contributed by atoms with E-state index in [1.54, 1.807) is 0 Å². The average Bonchev–Trinajstić information content (AvgIpc) is 3.15. The van der Waals surface area contributed by atoms with Gasteiger partial charge < -0.3 is 14.8 Å². The molecule has 23 heavy (non-hydrogen) atoms. The van der Waals surface area contributed by atoms with Gasteiger partial charge in [-0.25, -0.2) is 8.78 Å². The van der Waals surface area contributed by atoms with Crippen LogP contribution in [0.2, 0.25) is 0 Å². The number of hydrogen-bond acceptors (Lipinski definition) is 3. The van der Waals surface area contributed by atoms with E-state index in [1.807, 2.05) is 6.07 Å². The average molecular weight is 317 g/mol. The van der Waals surface area contributed by atoms with Crippen LogP contribution in [0.15, 0.2) is 24.3 Å². The van der Waals surface area contributed by atoms with E-state index >= 15 is 0 Å². The van der Waals surface area contributed by atoms with Gasteiger partial charge in [-0.05, 0) is 18.2 Å². The van der Waals surface area contributed by atoms with E-state index < -0.39 is 17.5 Å². The van der Waals surface area contributed by atoms with Crippen molar-refractivity contribution in [3.63, 3.8) is 0 Å². The number of benzene rings is 2. The Morgan fingerprint density at radius 1 is 1.09 bits per heavy atom. The third kappa shape index (κ3) is 2.30. The number of carbonyl (C=O) groups is 1. The number of carbonyl (C=O) groups excluding carboxylic acids is 1. The van der Waals surface area contributed by atoms with Crippen molar-refractivity contribution in [3.05, 3.63) is 52.6 Å². The van der Waals surface area contributed by atoms with E-state index in [9.17, 15) is 13.6 Å². The van der Waals surface area contributed by atoms with Crippen molar-refractivity contribution in [3.8, 4) is 11.5 Å². The molecule has 0 aliphatic carbocycles. The summed E-state index contributed by atoms with van der Waals surface area (Å²) < 4.78 is 37.9. The highest BCUT2D eigenvalue weighted by atomic mass is 19.1. The fourth-order valence-electron chi connectivity index (χ4n) is 3.00. The normalized spacial score (nSPS) is 14.7. The Morgan fingerprint density at radius 3 is 2.74 bits per heavy atom. The number of fused-ring (bicyclic) bond motifs is 2. The second kappa shape index (κ2) is 5.22. The lowest BCUT2D eigenvalue weighted by Gasteiger charge is -2.13. The van der Waals surface area contributed by atoms with Gasteiger partial charge in [0.25, 0.3) is 5.91 Å².